The molecule has 1 nitrogen and oxygen atoms in total. The predicted molar refractivity (Wildman–Crippen MR) is 118 cm³/mol. The van der Waals surface area contributed by atoms with Crippen molar-refractivity contribution in [2.45, 2.75) is 98.8 Å². The molecule has 0 radical (unpaired) electrons. The van der Waals surface area contributed by atoms with Gasteiger partial charge in [0.2, 0.25) is 0 Å². The van der Waals surface area contributed by atoms with Gasteiger partial charge in [-0.2, -0.15) is 0 Å². The molecule has 4 saturated carbocycles. The van der Waals surface area contributed by atoms with Gasteiger partial charge < -0.3 is 0 Å². The summed E-state index contributed by atoms with van der Waals surface area (Å²) in [4.78, 5) is 12.1. The maximum Gasteiger partial charge on any atom is 0.133 e. The van der Waals surface area contributed by atoms with E-state index in [0.717, 1.165) is 48.3 Å². The van der Waals surface area contributed by atoms with Gasteiger partial charge in [0.15, 0.2) is 0 Å². The second-order valence-corrected chi connectivity index (χ2v) is 12.0. The van der Waals surface area contributed by atoms with Crippen LogP contribution in [0.5, 0.6) is 0 Å². The van der Waals surface area contributed by atoms with E-state index in [-0.39, 0.29) is 0 Å². The normalized spacial score (nSPS) is 47.1. The highest BCUT2D eigenvalue weighted by Gasteiger charge is 2.60. The predicted octanol–water partition coefficient (Wildman–Crippen LogP) is 7.45. The van der Waals surface area contributed by atoms with E-state index < -0.39 is 0 Å². The van der Waals surface area contributed by atoms with Gasteiger partial charge in [-0.3, -0.25) is 4.79 Å². The number of Topliss-reactive ketones (excluding diaryl/α,β-unsaturated/α-hetero) is 1. The SMILES string of the molecule is CC(C)C/C=C/[C@H](C)[C@H]1CC[C@H]2[C@@H]3CC[C@H]4CC(=O)CC[C@]4(C)[C@H]3CC[C@]12C. The monoisotopic (exact) mass is 384 g/mol. The Balaban J connectivity index is 1.50. The Hall–Kier alpha value is -0.590. The largest absolute Gasteiger partial charge is 0.300 e. The Labute approximate surface area is 174 Å². The molecule has 0 aromatic heterocycles. The van der Waals surface area contributed by atoms with E-state index in [9.17, 15) is 4.79 Å². The first-order valence-electron chi connectivity index (χ1n) is 12.4. The fraction of sp³-hybridized carbons (Fsp3) is 0.889. The molecule has 158 valence electrons. The molecule has 4 rings (SSSR count). The molecule has 28 heavy (non-hydrogen) atoms. The van der Waals surface area contributed by atoms with Crippen LogP contribution < -0.4 is 0 Å². The molecule has 4 aliphatic rings. The van der Waals surface area contributed by atoms with E-state index in [1.807, 2.05) is 0 Å². The van der Waals surface area contributed by atoms with Gasteiger partial charge in [-0.05, 0) is 104 Å². The minimum absolute atomic E-state index is 0.457. The van der Waals surface area contributed by atoms with E-state index in [1.165, 1.54) is 51.4 Å². The van der Waals surface area contributed by atoms with Gasteiger partial charge in [-0.25, -0.2) is 0 Å². The molecule has 0 N–H and O–H groups in total. The summed E-state index contributed by atoms with van der Waals surface area (Å²) in [5, 5.41) is 0. The molecule has 0 aromatic rings. The number of allylic oxidation sites excluding steroid dienone is 2. The molecule has 0 saturated heterocycles. The maximum absolute atomic E-state index is 12.1. The molecule has 0 heterocycles. The van der Waals surface area contributed by atoms with Crippen molar-refractivity contribution in [2.75, 3.05) is 0 Å². The molecule has 0 amide bonds. The zero-order valence-electron chi connectivity index (χ0n) is 19.2. The van der Waals surface area contributed by atoms with Gasteiger partial charge in [0, 0.05) is 12.8 Å². The molecule has 4 fully saturated rings. The van der Waals surface area contributed by atoms with Crippen LogP contribution in [0.3, 0.4) is 0 Å². The zero-order chi connectivity index (χ0) is 20.1. The number of ketones is 1. The number of hydrogen-bond donors (Lipinski definition) is 0. The summed E-state index contributed by atoms with van der Waals surface area (Å²) in [6.45, 7) is 12.4. The lowest BCUT2D eigenvalue weighted by Gasteiger charge is -2.60. The van der Waals surface area contributed by atoms with E-state index in [2.05, 4.69) is 46.8 Å². The Morgan fingerprint density at radius 3 is 2.46 bits per heavy atom. The van der Waals surface area contributed by atoms with Gasteiger partial charge in [0.1, 0.15) is 5.78 Å². The van der Waals surface area contributed by atoms with Crippen LogP contribution in [0.15, 0.2) is 12.2 Å². The van der Waals surface area contributed by atoms with Crippen LogP contribution in [0, 0.1) is 52.3 Å². The van der Waals surface area contributed by atoms with Crippen LogP contribution >= 0.6 is 0 Å². The Kier molecular flexibility index (Phi) is 5.60. The first-order chi connectivity index (χ1) is 13.3. The molecule has 0 bridgehead atoms. The van der Waals surface area contributed by atoms with Crippen LogP contribution in [-0.4, -0.2) is 5.78 Å². The van der Waals surface area contributed by atoms with Gasteiger partial charge in [0.25, 0.3) is 0 Å². The van der Waals surface area contributed by atoms with Crippen molar-refractivity contribution in [3.05, 3.63) is 12.2 Å². The van der Waals surface area contributed by atoms with Crippen LogP contribution in [0.1, 0.15) is 98.8 Å². The molecular formula is C27H44O. The fourth-order valence-corrected chi connectivity index (χ4v) is 8.65. The third-order valence-corrected chi connectivity index (χ3v) is 10.2. The summed E-state index contributed by atoms with van der Waals surface area (Å²) < 4.78 is 0. The third-order valence-electron chi connectivity index (χ3n) is 10.2. The summed E-state index contributed by atoms with van der Waals surface area (Å²) in [5.74, 6) is 6.37. The smallest absolute Gasteiger partial charge is 0.133 e. The van der Waals surface area contributed by atoms with Crippen molar-refractivity contribution in [2.24, 2.45) is 52.3 Å². The summed E-state index contributed by atoms with van der Waals surface area (Å²) in [6, 6.07) is 0. The van der Waals surface area contributed by atoms with Gasteiger partial charge in [0.05, 0.1) is 0 Å². The van der Waals surface area contributed by atoms with Crippen LogP contribution in [0.2, 0.25) is 0 Å². The summed E-state index contributed by atoms with van der Waals surface area (Å²) in [7, 11) is 0. The van der Waals surface area contributed by atoms with Crippen LogP contribution in [0.25, 0.3) is 0 Å². The fourth-order valence-electron chi connectivity index (χ4n) is 8.65. The average molecular weight is 385 g/mol. The highest BCUT2D eigenvalue weighted by atomic mass is 16.1. The highest BCUT2D eigenvalue weighted by molar-refractivity contribution is 5.79. The molecule has 0 aromatic carbocycles. The van der Waals surface area contributed by atoms with E-state index in [4.69, 9.17) is 0 Å². The van der Waals surface area contributed by atoms with Gasteiger partial charge >= 0.3 is 0 Å². The highest BCUT2D eigenvalue weighted by Crippen LogP contribution is 2.68. The summed E-state index contributed by atoms with van der Waals surface area (Å²) in [5.41, 5.74) is 1.01. The molecule has 0 spiro atoms. The number of carbonyl (C=O) groups is 1. The molecule has 0 unspecified atom stereocenters. The summed E-state index contributed by atoms with van der Waals surface area (Å²) in [6.07, 6.45) is 17.7. The maximum atomic E-state index is 12.1. The molecule has 8 atom stereocenters. The van der Waals surface area contributed by atoms with Crippen molar-refractivity contribution >= 4 is 5.78 Å². The van der Waals surface area contributed by atoms with Gasteiger partial charge in [-0.15, -0.1) is 0 Å². The molecule has 4 aliphatic carbocycles. The average Bonchev–Trinajstić information content (AvgIpc) is 2.99. The van der Waals surface area contributed by atoms with Gasteiger partial charge in [-0.1, -0.05) is 46.8 Å². The minimum atomic E-state index is 0.457. The van der Waals surface area contributed by atoms with Crippen molar-refractivity contribution in [3.63, 3.8) is 0 Å². The third kappa shape index (κ3) is 3.33. The molecular weight excluding hydrogens is 340 g/mol. The Bertz CT molecular complexity index is 618. The zero-order valence-corrected chi connectivity index (χ0v) is 19.2. The molecule has 0 aliphatic heterocycles. The number of carbonyl (C=O) groups excluding carboxylic acids is 1. The number of hydrogen-bond acceptors (Lipinski definition) is 1. The van der Waals surface area contributed by atoms with E-state index in [1.54, 1.807) is 0 Å². The number of fused-ring (bicyclic) bond motifs is 5. The standard InChI is InChI=1S/C27H44O/c1-18(2)7-6-8-19(3)23-11-12-24-22-10-9-20-17-21(28)13-15-26(20,4)25(22)14-16-27(23,24)5/h6,8,18-20,22-25H,7,9-17H2,1-5H3/b8-6+/t19-,20-,22-,23+,24-,25-,26-,27+/m0/s1. The van der Waals surface area contributed by atoms with Crippen molar-refractivity contribution in [1.82, 2.24) is 0 Å². The second-order valence-electron chi connectivity index (χ2n) is 12.0. The lowest BCUT2D eigenvalue weighted by molar-refractivity contribution is -0.140. The lowest BCUT2D eigenvalue weighted by atomic mass is 9.44. The number of rotatable bonds is 4. The lowest BCUT2D eigenvalue weighted by Crippen LogP contribution is -2.53. The van der Waals surface area contributed by atoms with Crippen molar-refractivity contribution in [3.8, 4) is 0 Å². The van der Waals surface area contributed by atoms with E-state index in [0.29, 0.717) is 22.5 Å². The molecule has 1 heteroatoms. The van der Waals surface area contributed by atoms with Crippen LogP contribution in [0.4, 0.5) is 0 Å². The minimum Gasteiger partial charge on any atom is -0.300 e. The van der Waals surface area contributed by atoms with Crippen molar-refractivity contribution in [1.29, 1.82) is 0 Å². The van der Waals surface area contributed by atoms with E-state index >= 15 is 0 Å². The van der Waals surface area contributed by atoms with Crippen molar-refractivity contribution < 1.29 is 4.79 Å². The first kappa shape index (κ1) is 20.7. The quantitative estimate of drug-likeness (QED) is 0.460. The first-order valence-corrected chi connectivity index (χ1v) is 12.4. The van der Waals surface area contributed by atoms with Crippen LogP contribution in [-0.2, 0) is 4.79 Å². The summed E-state index contributed by atoms with van der Waals surface area (Å²) >= 11 is 0. The Morgan fingerprint density at radius 2 is 1.71 bits per heavy atom. The Morgan fingerprint density at radius 1 is 0.964 bits per heavy atom. The topological polar surface area (TPSA) is 17.1 Å². The second kappa shape index (κ2) is 7.59.